The standard InChI is InChI=1S/C49H29N3O2/c1-2-12-30(13-3-1)34-18-11-23-45-46(34)38-29-33(24-27-43(38)53-45)51-41-21-8-5-17-37(41)47-42(51)26-25-36-35-16-4-7-20-40(35)52(48(36)47)32-15-10-14-31(28-32)49-50-39-19-6-9-22-44(39)54-49/h1-29H. The van der Waals surface area contributed by atoms with E-state index in [0.29, 0.717) is 5.89 Å². The molecule has 0 bridgehead atoms. The summed E-state index contributed by atoms with van der Waals surface area (Å²) in [7, 11) is 0. The molecule has 0 aliphatic heterocycles. The van der Waals surface area contributed by atoms with Gasteiger partial charge in [-0.3, -0.25) is 0 Å². The molecule has 5 heteroatoms. The lowest BCUT2D eigenvalue weighted by Gasteiger charge is -2.11. The van der Waals surface area contributed by atoms with Gasteiger partial charge in [-0.2, -0.15) is 0 Å². The molecule has 12 rings (SSSR count). The molecular weight excluding hydrogens is 663 g/mol. The highest BCUT2D eigenvalue weighted by Crippen LogP contribution is 2.44. The lowest BCUT2D eigenvalue weighted by Crippen LogP contribution is -1.96. The van der Waals surface area contributed by atoms with Crippen molar-refractivity contribution in [2.75, 3.05) is 0 Å². The molecule has 0 fully saturated rings. The molecule has 0 aliphatic rings. The molecule has 0 saturated carbocycles. The summed E-state index contributed by atoms with van der Waals surface area (Å²) in [5.74, 6) is 0.609. The number of rotatable bonds is 4. The van der Waals surface area contributed by atoms with Gasteiger partial charge < -0.3 is 18.0 Å². The van der Waals surface area contributed by atoms with Gasteiger partial charge in [0.05, 0.1) is 22.1 Å². The SMILES string of the molecule is c1ccc(-c2cccc3oc4ccc(-n5c6ccccc6c6c5ccc5c7ccccc7n(-c7cccc(-c8nc9ccccc9o8)c7)c56)cc4c23)cc1. The van der Waals surface area contributed by atoms with Gasteiger partial charge in [0.25, 0.3) is 0 Å². The Morgan fingerprint density at radius 2 is 1.11 bits per heavy atom. The average molecular weight is 692 g/mol. The summed E-state index contributed by atoms with van der Waals surface area (Å²) in [5.41, 5.74) is 13.4. The minimum absolute atomic E-state index is 0.609. The van der Waals surface area contributed by atoms with Crippen LogP contribution in [0.2, 0.25) is 0 Å². The predicted octanol–water partition coefficient (Wildman–Crippen LogP) is 13.3. The molecule has 0 amide bonds. The first kappa shape index (κ1) is 29.2. The van der Waals surface area contributed by atoms with Gasteiger partial charge in [0.1, 0.15) is 16.7 Å². The molecular formula is C49H29N3O2. The number of furan rings is 1. The zero-order chi connectivity index (χ0) is 35.3. The smallest absolute Gasteiger partial charge is 0.227 e. The number of hydrogen-bond donors (Lipinski definition) is 0. The van der Waals surface area contributed by atoms with Gasteiger partial charge in [-0.05, 0) is 83.9 Å². The van der Waals surface area contributed by atoms with Crippen LogP contribution < -0.4 is 0 Å². The number of benzene rings is 8. The number of fused-ring (bicyclic) bond motifs is 11. The fourth-order valence-corrected chi connectivity index (χ4v) is 8.64. The third-order valence-electron chi connectivity index (χ3n) is 10.9. The van der Waals surface area contributed by atoms with Crippen molar-refractivity contribution < 1.29 is 8.83 Å². The molecule has 252 valence electrons. The lowest BCUT2D eigenvalue weighted by molar-refractivity contribution is 0.620. The third kappa shape index (κ3) is 4.12. The third-order valence-corrected chi connectivity index (χ3v) is 10.9. The number of para-hydroxylation sites is 4. The minimum Gasteiger partial charge on any atom is -0.456 e. The van der Waals surface area contributed by atoms with Crippen LogP contribution >= 0.6 is 0 Å². The first-order valence-electron chi connectivity index (χ1n) is 18.2. The van der Waals surface area contributed by atoms with E-state index in [4.69, 9.17) is 13.8 Å². The molecule has 0 atom stereocenters. The average Bonchev–Trinajstić information content (AvgIpc) is 4.00. The summed E-state index contributed by atoms with van der Waals surface area (Å²) >= 11 is 0. The first-order valence-corrected chi connectivity index (χ1v) is 18.2. The molecule has 0 aliphatic carbocycles. The van der Waals surface area contributed by atoms with Crippen molar-refractivity contribution in [1.82, 2.24) is 14.1 Å². The molecule has 0 N–H and O–H groups in total. The minimum atomic E-state index is 0.609. The van der Waals surface area contributed by atoms with Gasteiger partial charge in [0.15, 0.2) is 5.58 Å². The maximum absolute atomic E-state index is 6.45. The van der Waals surface area contributed by atoms with Crippen LogP contribution in [-0.2, 0) is 0 Å². The maximum atomic E-state index is 6.45. The van der Waals surface area contributed by atoms with E-state index in [1.165, 1.54) is 32.6 Å². The first-order chi connectivity index (χ1) is 26.8. The maximum Gasteiger partial charge on any atom is 0.227 e. The van der Waals surface area contributed by atoms with Crippen LogP contribution in [-0.4, -0.2) is 14.1 Å². The highest BCUT2D eigenvalue weighted by Gasteiger charge is 2.22. The fraction of sp³-hybridized carbons (Fsp3) is 0. The van der Waals surface area contributed by atoms with E-state index in [-0.39, 0.29) is 0 Å². The quantitative estimate of drug-likeness (QED) is 0.185. The van der Waals surface area contributed by atoms with Gasteiger partial charge in [-0.1, -0.05) is 103 Å². The number of nitrogens with zero attached hydrogens (tertiary/aromatic N) is 3. The van der Waals surface area contributed by atoms with Crippen molar-refractivity contribution >= 4 is 76.6 Å². The Kier molecular flexibility index (Phi) is 5.99. The van der Waals surface area contributed by atoms with Gasteiger partial charge in [0.2, 0.25) is 5.89 Å². The Labute approximate surface area is 308 Å². The summed E-state index contributed by atoms with van der Waals surface area (Å²) in [6, 6.07) is 62.0. The van der Waals surface area contributed by atoms with Crippen LogP contribution in [0.25, 0.3) is 111 Å². The van der Waals surface area contributed by atoms with E-state index in [1.807, 2.05) is 24.3 Å². The Balaban J connectivity index is 1.14. The van der Waals surface area contributed by atoms with Crippen molar-refractivity contribution in [3.63, 3.8) is 0 Å². The second-order valence-corrected chi connectivity index (χ2v) is 13.9. The monoisotopic (exact) mass is 691 g/mol. The summed E-state index contributed by atoms with van der Waals surface area (Å²) in [4.78, 5) is 4.83. The summed E-state index contributed by atoms with van der Waals surface area (Å²) in [6.07, 6.45) is 0. The van der Waals surface area contributed by atoms with Crippen molar-refractivity contribution in [2.45, 2.75) is 0 Å². The Hall–Kier alpha value is -7.37. The van der Waals surface area contributed by atoms with Crippen molar-refractivity contribution in [1.29, 1.82) is 0 Å². The van der Waals surface area contributed by atoms with Crippen molar-refractivity contribution in [2.24, 2.45) is 0 Å². The van der Waals surface area contributed by atoms with Crippen molar-refractivity contribution in [3.05, 3.63) is 176 Å². The van der Waals surface area contributed by atoms with E-state index in [2.05, 4.69) is 161 Å². The van der Waals surface area contributed by atoms with Crippen LogP contribution in [0.1, 0.15) is 0 Å². The summed E-state index contributed by atoms with van der Waals surface area (Å²) < 4.78 is 17.5. The molecule has 0 saturated heterocycles. The fourth-order valence-electron chi connectivity index (χ4n) is 8.64. The van der Waals surface area contributed by atoms with Gasteiger partial charge >= 0.3 is 0 Å². The molecule has 4 aromatic heterocycles. The highest BCUT2D eigenvalue weighted by atomic mass is 16.3. The summed E-state index contributed by atoms with van der Waals surface area (Å²) in [5, 5.41) is 7.03. The molecule has 0 unspecified atom stereocenters. The van der Waals surface area contributed by atoms with E-state index < -0.39 is 0 Å². The highest BCUT2D eigenvalue weighted by molar-refractivity contribution is 6.26. The largest absolute Gasteiger partial charge is 0.456 e. The topological polar surface area (TPSA) is 49.0 Å². The Morgan fingerprint density at radius 3 is 2.00 bits per heavy atom. The van der Waals surface area contributed by atoms with E-state index in [1.54, 1.807) is 0 Å². The van der Waals surface area contributed by atoms with Crippen LogP contribution in [0, 0.1) is 0 Å². The Morgan fingerprint density at radius 1 is 0.389 bits per heavy atom. The molecule has 12 aromatic rings. The van der Waals surface area contributed by atoms with Gasteiger partial charge in [-0.25, -0.2) is 4.98 Å². The lowest BCUT2D eigenvalue weighted by atomic mass is 9.99. The van der Waals surface area contributed by atoms with E-state index in [9.17, 15) is 0 Å². The van der Waals surface area contributed by atoms with Crippen LogP contribution in [0.15, 0.2) is 185 Å². The predicted molar refractivity (Wildman–Crippen MR) is 221 cm³/mol. The normalized spacial score (nSPS) is 12.1. The molecule has 0 radical (unpaired) electrons. The molecule has 0 spiro atoms. The van der Waals surface area contributed by atoms with Crippen LogP contribution in [0.4, 0.5) is 0 Å². The molecule has 5 nitrogen and oxygen atoms in total. The molecule has 4 heterocycles. The number of hydrogen-bond acceptors (Lipinski definition) is 3. The van der Waals surface area contributed by atoms with E-state index >= 15 is 0 Å². The van der Waals surface area contributed by atoms with E-state index in [0.717, 1.165) is 72.1 Å². The zero-order valence-electron chi connectivity index (χ0n) is 28.9. The van der Waals surface area contributed by atoms with Crippen LogP contribution in [0.5, 0.6) is 0 Å². The van der Waals surface area contributed by atoms with Gasteiger partial charge in [0, 0.05) is 49.3 Å². The number of oxazole rings is 1. The van der Waals surface area contributed by atoms with Crippen LogP contribution in [0.3, 0.4) is 0 Å². The molecule has 54 heavy (non-hydrogen) atoms. The Bertz CT molecular complexity index is 3420. The molecule has 8 aromatic carbocycles. The second-order valence-electron chi connectivity index (χ2n) is 13.9. The van der Waals surface area contributed by atoms with Gasteiger partial charge in [-0.15, -0.1) is 0 Å². The number of aromatic nitrogens is 3. The zero-order valence-corrected chi connectivity index (χ0v) is 28.9. The van der Waals surface area contributed by atoms with Crippen molar-refractivity contribution in [3.8, 4) is 34.0 Å². The summed E-state index contributed by atoms with van der Waals surface area (Å²) in [6.45, 7) is 0. The second kappa shape index (κ2) is 11.1.